The third-order valence-electron chi connectivity index (χ3n) is 11.7. The molecule has 0 bridgehead atoms. The lowest BCUT2D eigenvalue weighted by Crippen LogP contribution is -1.94. The van der Waals surface area contributed by atoms with E-state index in [0.29, 0.717) is 0 Å². The maximum atomic E-state index is 2.43. The van der Waals surface area contributed by atoms with Crippen LogP contribution >= 0.6 is 11.3 Å². The lowest BCUT2D eigenvalue weighted by Gasteiger charge is -2.11. The second-order valence-corrected chi connectivity index (χ2v) is 16.0. The van der Waals surface area contributed by atoms with Gasteiger partial charge < -0.3 is 9.13 Å². The molecular formula is C54H34N2S. The van der Waals surface area contributed by atoms with Crippen molar-refractivity contribution in [2.75, 3.05) is 0 Å². The topological polar surface area (TPSA) is 9.86 Å². The molecule has 9 aromatic carbocycles. The van der Waals surface area contributed by atoms with E-state index in [4.69, 9.17) is 0 Å². The highest BCUT2D eigenvalue weighted by Crippen LogP contribution is 2.43. The van der Waals surface area contributed by atoms with Gasteiger partial charge in [-0.15, -0.1) is 11.3 Å². The normalized spacial score (nSPS) is 11.9. The van der Waals surface area contributed by atoms with Gasteiger partial charge in [0.1, 0.15) is 0 Å². The van der Waals surface area contributed by atoms with Crippen LogP contribution in [0.15, 0.2) is 206 Å². The van der Waals surface area contributed by atoms with Crippen LogP contribution in [0, 0.1) is 0 Å². The molecule has 0 spiro atoms. The van der Waals surface area contributed by atoms with Crippen molar-refractivity contribution >= 4 is 75.1 Å². The zero-order chi connectivity index (χ0) is 37.5. The summed E-state index contributed by atoms with van der Waals surface area (Å²) in [7, 11) is 0. The first-order chi connectivity index (χ1) is 28.3. The van der Waals surface area contributed by atoms with Crippen molar-refractivity contribution < 1.29 is 0 Å². The second kappa shape index (κ2) is 12.7. The van der Waals surface area contributed by atoms with Gasteiger partial charge in [-0.25, -0.2) is 0 Å². The average Bonchev–Trinajstić information content (AvgIpc) is 3.94. The van der Waals surface area contributed by atoms with E-state index in [1.165, 1.54) is 97.2 Å². The largest absolute Gasteiger partial charge is 0.309 e. The summed E-state index contributed by atoms with van der Waals surface area (Å²) in [6.07, 6.45) is 0. The SMILES string of the molecule is c1ccc(-c2cccc(-c3ccc4c(c3)c3ccccc3n4-c3ccc(-c4ccc(-n5c6ccccc6c6c7c(ccc65)sc5ccccc57)cc4)cc3)c2)cc1. The predicted octanol–water partition coefficient (Wildman–Crippen LogP) is 15.2. The lowest BCUT2D eigenvalue weighted by atomic mass is 9.98. The van der Waals surface area contributed by atoms with E-state index < -0.39 is 0 Å². The molecule has 3 aromatic heterocycles. The Labute approximate surface area is 333 Å². The molecule has 0 N–H and O–H groups in total. The Balaban J connectivity index is 0.910. The van der Waals surface area contributed by atoms with Gasteiger partial charge in [0.15, 0.2) is 0 Å². The Morgan fingerprint density at radius 2 is 0.754 bits per heavy atom. The van der Waals surface area contributed by atoms with E-state index >= 15 is 0 Å². The molecule has 0 aliphatic carbocycles. The van der Waals surface area contributed by atoms with Crippen LogP contribution in [-0.2, 0) is 0 Å². The molecule has 2 nitrogen and oxygen atoms in total. The number of aromatic nitrogens is 2. The fourth-order valence-corrected chi connectivity index (χ4v) is 10.2. The number of para-hydroxylation sites is 2. The van der Waals surface area contributed by atoms with Crippen LogP contribution in [-0.4, -0.2) is 9.13 Å². The summed E-state index contributed by atoms with van der Waals surface area (Å²) in [5.74, 6) is 0. The van der Waals surface area contributed by atoms with Crippen molar-refractivity contribution in [3.63, 3.8) is 0 Å². The van der Waals surface area contributed by atoms with Crippen LogP contribution < -0.4 is 0 Å². The molecule has 0 amide bonds. The van der Waals surface area contributed by atoms with Crippen LogP contribution in [0.1, 0.15) is 0 Å². The Kier molecular flexibility index (Phi) is 7.13. The third kappa shape index (κ3) is 5.03. The lowest BCUT2D eigenvalue weighted by molar-refractivity contribution is 1.18. The molecule has 12 rings (SSSR count). The van der Waals surface area contributed by atoms with Crippen LogP contribution in [0.25, 0.3) is 109 Å². The maximum Gasteiger partial charge on any atom is 0.0548 e. The first kappa shape index (κ1) is 32.1. The van der Waals surface area contributed by atoms with Gasteiger partial charge in [-0.2, -0.15) is 0 Å². The number of nitrogens with zero attached hydrogens (tertiary/aromatic N) is 2. The Hall–Kier alpha value is -7.20. The average molecular weight is 743 g/mol. The van der Waals surface area contributed by atoms with E-state index in [-0.39, 0.29) is 0 Å². The summed E-state index contributed by atoms with van der Waals surface area (Å²) < 4.78 is 7.50. The minimum atomic E-state index is 1.15. The molecule has 0 aliphatic heterocycles. The van der Waals surface area contributed by atoms with Crippen molar-refractivity contribution in [1.29, 1.82) is 0 Å². The van der Waals surface area contributed by atoms with E-state index in [1.807, 2.05) is 11.3 Å². The first-order valence-corrected chi connectivity index (χ1v) is 20.3. The number of thiophene rings is 1. The van der Waals surface area contributed by atoms with Crippen LogP contribution in [0.3, 0.4) is 0 Å². The Morgan fingerprint density at radius 3 is 1.49 bits per heavy atom. The molecule has 57 heavy (non-hydrogen) atoms. The molecule has 0 saturated heterocycles. The van der Waals surface area contributed by atoms with Gasteiger partial charge in [0.25, 0.3) is 0 Å². The first-order valence-electron chi connectivity index (χ1n) is 19.5. The molecular weight excluding hydrogens is 709 g/mol. The number of fused-ring (bicyclic) bond motifs is 10. The number of benzene rings is 9. The summed E-state index contributed by atoms with van der Waals surface area (Å²) >= 11 is 1.88. The molecule has 12 aromatic rings. The van der Waals surface area contributed by atoms with Gasteiger partial charge in [0.05, 0.1) is 22.1 Å². The van der Waals surface area contributed by atoms with Gasteiger partial charge in [0.2, 0.25) is 0 Å². The van der Waals surface area contributed by atoms with Crippen molar-refractivity contribution in [2.24, 2.45) is 0 Å². The fraction of sp³-hybridized carbons (Fsp3) is 0. The summed E-state index contributed by atoms with van der Waals surface area (Å²) in [6.45, 7) is 0. The van der Waals surface area contributed by atoms with Gasteiger partial charge in [0, 0.05) is 53.1 Å². The summed E-state index contributed by atoms with van der Waals surface area (Å²) in [5, 5.41) is 7.83. The van der Waals surface area contributed by atoms with Crippen molar-refractivity contribution in [3.05, 3.63) is 206 Å². The minimum Gasteiger partial charge on any atom is -0.309 e. The van der Waals surface area contributed by atoms with Crippen molar-refractivity contribution in [1.82, 2.24) is 9.13 Å². The van der Waals surface area contributed by atoms with E-state index in [1.54, 1.807) is 0 Å². The number of hydrogen-bond acceptors (Lipinski definition) is 1. The molecule has 3 heteroatoms. The van der Waals surface area contributed by atoms with Crippen LogP contribution in [0.2, 0.25) is 0 Å². The maximum absolute atomic E-state index is 2.43. The zero-order valence-electron chi connectivity index (χ0n) is 30.9. The highest BCUT2D eigenvalue weighted by molar-refractivity contribution is 7.26. The number of rotatable bonds is 5. The molecule has 266 valence electrons. The van der Waals surface area contributed by atoms with Gasteiger partial charge >= 0.3 is 0 Å². The smallest absolute Gasteiger partial charge is 0.0548 e. The minimum absolute atomic E-state index is 1.15. The molecule has 0 aliphatic rings. The van der Waals surface area contributed by atoms with Gasteiger partial charge in [-0.1, -0.05) is 133 Å². The molecule has 0 fully saturated rings. The second-order valence-electron chi connectivity index (χ2n) is 14.9. The molecule has 0 atom stereocenters. The third-order valence-corrected chi connectivity index (χ3v) is 12.9. The molecule has 0 unspecified atom stereocenters. The Bertz CT molecular complexity index is 3490. The van der Waals surface area contributed by atoms with E-state index in [2.05, 4.69) is 215 Å². The van der Waals surface area contributed by atoms with Crippen LogP contribution in [0.5, 0.6) is 0 Å². The van der Waals surface area contributed by atoms with E-state index in [0.717, 1.165) is 11.4 Å². The Morgan fingerprint density at radius 1 is 0.263 bits per heavy atom. The monoisotopic (exact) mass is 742 g/mol. The molecule has 3 heterocycles. The van der Waals surface area contributed by atoms with Crippen molar-refractivity contribution in [2.45, 2.75) is 0 Å². The van der Waals surface area contributed by atoms with Crippen LogP contribution in [0.4, 0.5) is 0 Å². The van der Waals surface area contributed by atoms with E-state index in [9.17, 15) is 0 Å². The highest BCUT2D eigenvalue weighted by atomic mass is 32.1. The highest BCUT2D eigenvalue weighted by Gasteiger charge is 2.18. The fourth-order valence-electron chi connectivity index (χ4n) is 9.10. The van der Waals surface area contributed by atoms with Gasteiger partial charge in [-0.3, -0.25) is 0 Å². The van der Waals surface area contributed by atoms with Crippen molar-refractivity contribution in [3.8, 4) is 44.8 Å². The molecule has 0 saturated carbocycles. The zero-order valence-corrected chi connectivity index (χ0v) is 31.7. The standard InChI is InChI=1S/C54H34N2S/c1-2-11-35(12-3-1)38-13-10-14-39(33-38)40-25-30-49-46(34-40)43-15-4-7-18-47(43)55(49)41-26-21-36(22-27-41)37-23-28-42(29-24-37)56-48-19-8-5-16-44(48)53-50(56)31-32-52-54(53)45-17-6-9-20-51(45)57-52/h1-34H. The molecule has 0 radical (unpaired) electrons. The quantitative estimate of drug-likeness (QED) is 0.166. The summed E-state index contributed by atoms with van der Waals surface area (Å²) in [5.41, 5.74) is 14.5. The summed E-state index contributed by atoms with van der Waals surface area (Å²) in [4.78, 5) is 0. The van der Waals surface area contributed by atoms with Gasteiger partial charge in [-0.05, 0) is 106 Å². The number of hydrogen-bond donors (Lipinski definition) is 0. The summed E-state index contributed by atoms with van der Waals surface area (Å²) in [6, 6.07) is 75.5. The predicted molar refractivity (Wildman–Crippen MR) is 244 cm³/mol.